The Kier molecular flexibility index (Phi) is 10.2. The van der Waals surface area contributed by atoms with Gasteiger partial charge in [0.25, 0.3) is 0 Å². The molecule has 0 aromatic carbocycles. The largest absolute Gasteiger partial charge is 0.300 e. The van der Waals surface area contributed by atoms with Crippen molar-refractivity contribution in [1.82, 2.24) is 0 Å². The Labute approximate surface area is 108 Å². The Morgan fingerprint density at radius 2 is 1.76 bits per heavy atom. The van der Waals surface area contributed by atoms with Gasteiger partial charge in [-0.2, -0.15) is 0 Å². The van der Waals surface area contributed by atoms with Crippen molar-refractivity contribution < 1.29 is 4.79 Å². The Bertz CT molecular complexity index is 218. The number of ketones is 1. The first-order valence-electron chi connectivity index (χ1n) is 7.26. The summed E-state index contributed by atoms with van der Waals surface area (Å²) in [4.78, 5) is 11.8. The van der Waals surface area contributed by atoms with Gasteiger partial charge in [-0.3, -0.25) is 4.79 Å². The van der Waals surface area contributed by atoms with E-state index >= 15 is 0 Å². The van der Waals surface area contributed by atoms with Gasteiger partial charge in [0.05, 0.1) is 0 Å². The van der Waals surface area contributed by atoms with Gasteiger partial charge in [-0.25, -0.2) is 0 Å². The van der Waals surface area contributed by atoms with E-state index in [0.29, 0.717) is 18.1 Å². The fraction of sp³-hybridized carbons (Fsp3) is 0.812. The molecule has 0 amide bonds. The molecule has 1 nitrogen and oxygen atoms in total. The summed E-state index contributed by atoms with van der Waals surface area (Å²) in [6.07, 6.45) is 9.87. The van der Waals surface area contributed by atoms with E-state index in [9.17, 15) is 4.79 Å². The number of rotatable bonds is 11. The number of hydrogen-bond donors (Lipinski definition) is 0. The van der Waals surface area contributed by atoms with Crippen molar-refractivity contribution in [1.29, 1.82) is 0 Å². The lowest BCUT2D eigenvalue weighted by Gasteiger charge is -2.15. The third-order valence-electron chi connectivity index (χ3n) is 3.26. The second kappa shape index (κ2) is 10.6. The maximum atomic E-state index is 11.8. The smallest absolute Gasteiger partial charge is 0.133 e. The van der Waals surface area contributed by atoms with Gasteiger partial charge in [0.1, 0.15) is 5.78 Å². The van der Waals surface area contributed by atoms with E-state index in [0.717, 1.165) is 18.4 Å². The number of Topliss-reactive ketones (excluding diaryl/α,β-unsaturated/α-hetero) is 1. The number of carbonyl (C=O) groups is 1. The molecule has 100 valence electrons. The van der Waals surface area contributed by atoms with Gasteiger partial charge >= 0.3 is 0 Å². The molecule has 0 aromatic heterocycles. The fourth-order valence-corrected chi connectivity index (χ4v) is 2.22. The van der Waals surface area contributed by atoms with Gasteiger partial charge in [0.2, 0.25) is 0 Å². The molecule has 0 saturated heterocycles. The molecule has 0 saturated carbocycles. The molecule has 0 aliphatic heterocycles. The second-order valence-electron chi connectivity index (χ2n) is 5.35. The Morgan fingerprint density at radius 3 is 2.29 bits per heavy atom. The van der Waals surface area contributed by atoms with Gasteiger partial charge in [0.15, 0.2) is 0 Å². The predicted octanol–water partition coefficient (Wildman–Crippen LogP) is 5.30. The monoisotopic (exact) mass is 238 g/mol. The van der Waals surface area contributed by atoms with Crippen molar-refractivity contribution in [2.75, 3.05) is 0 Å². The molecule has 0 N–H and O–H groups in total. The number of carbonyl (C=O) groups excluding carboxylic acids is 1. The van der Waals surface area contributed by atoms with Crippen molar-refractivity contribution in [3.8, 4) is 0 Å². The standard InChI is InChI=1S/C16H30O/c1-5-7-8-10-15(9-6-2)13-16(17)12-11-14(3)4/h15H,3,5-13H2,1-2,4H3. The number of unbranched alkanes of at least 4 members (excludes halogenated alkanes) is 2. The summed E-state index contributed by atoms with van der Waals surface area (Å²) in [6, 6.07) is 0. The van der Waals surface area contributed by atoms with Crippen molar-refractivity contribution >= 4 is 5.78 Å². The molecule has 0 rings (SSSR count). The summed E-state index contributed by atoms with van der Waals surface area (Å²) in [6.45, 7) is 10.3. The van der Waals surface area contributed by atoms with Crippen LogP contribution in [0.4, 0.5) is 0 Å². The third-order valence-corrected chi connectivity index (χ3v) is 3.26. The lowest BCUT2D eigenvalue weighted by molar-refractivity contribution is -0.120. The van der Waals surface area contributed by atoms with Gasteiger partial charge in [-0.15, -0.1) is 6.58 Å². The SMILES string of the molecule is C=C(C)CCC(=O)CC(CCC)CCCCC. The molecule has 0 aliphatic carbocycles. The average Bonchev–Trinajstić information content (AvgIpc) is 2.27. The molecule has 0 spiro atoms. The van der Waals surface area contributed by atoms with Crippen LogP contribution in [0.2, 0.25) is 0 Å². The number of allylic oxidation sites excluding steroid dienone is 1. The van der Waals surface area contributed by atoms with E-state index in [1.54, 1.807) is 0 Å². The molecule has 0 radical (unpaired) electrons. The van der Waals surface area contributed by atoms with Crippen LogP contribution < -0.4 is 0 Å². The van der Waals surface area contributed by atoms with Gasteiger partial charge in [0, 0.05) is 12.8 Å². The van der Waals surface area contributed by atoms with Crippen molar-refractivity contribution in [2.24, 2.45) is 5.92 Å². The number of hydrogen-bond acceptors (Lipinski definition) is 1. The van der Waals surface area contributed by atoms with Crippen LogP contribution in [-0.2, 0) is 4.79 Å². The van der Waals surface area contributed by atoms with Crippen LogP contribution >= 0.6 is 0 Å². The van der Waals surface area contributed by atoms with E-state index < -0.39 is 0 Å². The fourth-order valence-electron chi connectivity index (χ4n) is 2.22. The minimum atomic E-state index is 0.433. The lowest BCUT2D eigenvalue weighted by Crippen LogP contribution is -2.09. The van der Waals surface area contributed by atoms with Crippen LogP contribution in [0.3, 0.4) is 0 Å². The molecule has 1 heteroatoms. The third kappa shape index (κ3) is 10.3. The van der Waals surface area contributed by atoms with Crippen LogP contribution in [0.1, 0.15) is 78.6 Å². The van der Waals surface area contributed by atoms with Gasteiger partial charge < -0.3 is 0 Å². The first-order chi connectivity index (χ1) is 8.10. The molecule has 0 aromatic rings. The van der Waals surface area contributed by atoms with E-state index in [4.69, 9.17) is 0 Å². The molecule has 0 heterocycles. The summed E-state index contributed by atoms with van der Waals surface area (Å²) < 4.78 is 0. The molecule has 0 fully saturated rings. The van der Waals surface area contributed by atoms with Crippen LogP contribution in [0, 0.1) is 5.92 Å². The van der Waals surface area contributed by atoms with Gasteiger partial charge in [-0.1, -0.05) is 57.9 Å². The topological polar surface area (TPSA) is 17.1 Å². The molecule has 0 aliphatic rings. The highest BCUT2D eigenvalue weighted by Gasteiger charge is 2.12. The first kappa shape index (κ1) is 16.4. The van der Waals surface area contributed by atoms with Crippen molar-refractivity contribution in [3.63, 3.8) is 0 Å². The van der Waals surface area contributed by atoms with Crippen LogP contribution in [-0.4, -0.2) is 5.78 Å². The van der Waals surface area contributed by atoms with E-state index in [1.807, 2.05) is 6.92 Å². The molecular formula is C16H30O. The zero-order chi connectivity index (χ0) is 13.1. The van der Waals surface area contributed by atoms with Crippen molar-refractivity contribution in [3.05, 3.63) is 12.2 Å². The normalized spacial score (nSPS) is 12.4. The van der Waals surface area contributed by atoms with E-state index in [1.165, 1.54) is 38.5 Å². The molecule has 17 heavy (non-hydrogen) atoms. The zero-order valence-electron chi connectivity index (χ0n) is 12.1. The quantitative estimate of drug-likeness (QED) is 0.353. The Hall–Kier alpha value is -0.590. The molecule has 0 bridgehead atoms. The zero-order valence-corrected chi connectivity index (χ0v) is 12.1. The Balaban J connectivity index is 3.87. The highest BCUT2D eigenvalue weighted by atomic mass is 16.1. The van der Waals surface area contributed by atoms with Crippen molar-refractivity contribution in [2.45, 2.75) is 78.6 Å². The highest BCUT2D eigenvalue weighted by Crippen LogP contribution is 2.21. The molecular weight excluding hydrogens is 208 g/mol. The van der Waals surface area contributed by atoms with E-state index in [-0.39, 0.29) is 0 Å². The minimum Gasteiger partial charge on any atom is -0.300 e. The average molecular weight is 238 g/mol. The van der Waals surface area contributed by atoms with Gasteiger partial charge in [-0.05, 0) is 19.3 Å². The summed E-state index contributed by atoms with van der Waals surface area (Å²) in [5, 5.41) is 0. The maximum Gasteiger partial charge on any atom is 0.133 e. The summed E-state index contributed by atoms with van der Waals surface area (Å²) >= 11 is 0. The minimum absolute atomic E-state index is 0.433. The summed E-state index contributed by atoms with van der Waals surface area (Å²) in [7, 11) is 0. The second-order valence-corrected chi connectivity index (χ2v) is 5.35. The summed E-state index contributed by atoms with van der Waals surface area (Å²) in [5.41, 5.74) is 1.12. The van der Waals surface area contributed by atoms with Crippen LogP contribution in [0.5, 0.6) is 0 Å². The Morgan fingerprint density at radius 1 is 1.06 bits per heavy atom. The van der Waals surface area contributed by atoms with Crippen LogP contribution in [0.15, 0.2) is 12.2 Å². The molecule has 1 unspecified atom stereocenters. The molecule has 1 atom stereocenters. The maximum absolute atomic E-state index is 11.8. The predicted molar refractivity (Wildman–Crippen MR) is 76.2 cm³/mol. The van der Waals surface area contributed by atoms with E-state index in [2.05, 4.69) is 20.4 Å². The highest BCUT2D eigenvalue weighted by molar-refractivity contribution is 5.78. The summed E-state index contributed by atoms with van der Waals surface area (Å²) in [5.74, 6) is 1.06. The first-order valence-corrected chi connectivity index (χ1v) is 7.26. The lowest BCUT2D eigenvalue weighted by atomic mass is 9.90. The van der Waals surface area contributed by atoms with Crippen LogP contribution in [0.25, 0.3) is 0 Å².